The maximum Gasteiger partial charge on any atom is 0.334 e. The van der Waals surface area contributed by atoms with Crippen molar-refractivity contribution < 1.29 is 9.53 Å². The van der Waals surface area contributed by atoms with Crippen molar-refractivity contribution >= 4 is 36.9 Å². The summed E-state index contributed by atoms with van der Waals surface area (Å²) in [6.07, 6.45) is 0.783. The summed E-state index contributed by atoms with van der Waals surface area (Å²) in [5, 5.41) is 3.39. The largest absolute Gasteiger partial charge is 0.497 e. The predicted octanol–water partition coefficient (Wildman–Crippen LogP) is 5.87. The Kier molecular flexibility index (Phi) is 12.2. The van der Waals surface area contributed by atoms with Gasteiger partial charge in [-0.2, -0.15) is 0 Å². The highest BCUT2D eigenvalue weighted by molar-refractivity contribution is 7.82. The van der Waals surface area contributed by atoms with E-state index >= 15 is 0 Å². The number of nitrogens with zero attached hydrogens (tertiary/aromatic N) is 3. The van der Waals surface area contributed by atoms with E-state index in [1.165, 1.54) is 15.4 Å². The molecule has 1 aliphatic rings. The third kappa shape index (κ3) is 8.77. The second-order valence-electron chi connectivity index (χ2n) is 9.65. The van der Waals surface area contributed by atoms with E-state index in [-0.39, 0.29) is 24.4 Å². The minimum Gasteiger partial charge on any atom is -0.497 e. The first kappa shape index (κ1) is 30.6. The first-order valence-electron chi connectivity index (χ1n) is 13.2. The summed E-state index contributed by atoms with van der Waals surface area (Å²) >= 11 is 4.61. The zero-order valence-corrected chi connectivity index (χ0v) is 24.2. The number of nitrogens with one attached hydrogen (secondary N) is 1. The number of carbonyl (C=O) groups is 1. The summed E-state index contributed by atoms with van der Waals surface area (Å²) in [6.45, 7) is 10.1. The number of hydrogen-bond acceptors (Lipinski definition) is 5. The van der Waals surface area contributed by atoms with Gasteiger partial charge >= 0.3 is 6.03 Å². The number of carbonyl (C=O) groups excluding carboxylic acids is 1. The van der Waals surface area contributed by atoms with Crippen LogP contribution in [-0.2, 0) is 0 Å². The molecule has 0 bridgehead atoms. The molecule has 1 fully saturated rings. The van der Waals surface area contributed by atoms with Crippen molar-refractivity contribution in [2.45, 2.75) is 12.3 Å². The molecule has 0 spiro atoms. The fourth-order valence-electron chi connectivity index (χ4n) is 4.90. The van der Waals surface area contributed by atoms with Crippen molar-refractivity contribution in [1.29, 1.82) is 0 Å². The monoisotopic (exact) mass is 566 g/mol. The van der Waals surface area contributed by atoms with Gasteiger partial charge in [0.15, 0.2) is 0 Å². The number of thiol groups is 1. The summed E-state index contributed by atoms with van der Waals surface area (Å²) in [7, 11) is 1.63. The Morgan fingerprint density at radius 1 is 0.974 bits per heavy atom. The first-order chi connectivity index (χ1) is 18.5. The van der Waals surface area contributed by atoms with Crippen molar-refractivity contribution in [3.05, 3.63) is 108 Å². The fourth-order valence-corrected chi connectivity index (χ4v) is 5.16. The summed E-state index contributed by atoms with van der Waals surface area (Å²) in [4.78, 5) is 18.1. The van der Waals surface area contributed by atoms with Crippen LogP contribution in [0.4, 0.5) is 10.5 Å². The van der Waals surface area contributed by atoms with Gasteiger partial charge in [0.1, 0.15) is 5.75 Å². The molecular weight excluding hydrogens is 528 g/mol. The molecule has 4 rings (SSSR count). The highest BCUT2D eigenvalue weighted by atomic mass is 35.5. The molecule has 6 nitrogen and oxygen atoms in total. The molecule has 0 saturated carbocycles. The van der Waals surface area contributed by atoms with Crippen LogP contribution in [0.25, 0.3) is 0 Å². The number of hydrogen-bond donors (Lipinski definition) is 2. The summed E-state index contributed by atoms with van der Waals surface area (Å²) < 4.78 is 6.69. The Labute approximate surface area is 244 Å². The number of methoxy groups -OCH3 is 1. The normalized spacial score (nSPS) is 13.4. The molecule has 1 heterocycles. The van der Waals surface area contributed by atoms with E-state index in [1.807, 2.05) is 41.3 Å². The van der Waals surface area contributed by atoms with Crippen LogP contribution >= 0.6 is 25.2 Å². The summed E-state index contributed by atoms with van der Waals surface area (Å²) in [5.74, 6) is 0.904. The Bertz CT molecular complexity index is 1120. The Morgan fingerprint density at radius 3 is 2.08 bits per heavy atom. The molecule has 8 heteroatoms. The van der Waals surface area contributed by atoms with E-state index < -0.39 is 0 Å². The van der Waals surface area contributed by atoms with Gasteiger partial charge in [-0.05, 0) is 47.4 Å². The van der Waals surface area contributed by atoms with E-state index in [0.29, 0.717) is 18.8 Å². The van der Waals surface area contributed by atoms with Crippen LogP contribution < -0.4 is 14.4 Å². The molecule has 208 valence electrons. The van der Waals surface area contributed by atoms with Gasteiger partial charge in [-0.1, -0.05) is 80.1 Å². The molecule has 3 aromatic carbocycles. The molecule has 3 aromatic rings. The van der Waals surface area contributed by atoms with E-state index in [2.05, 4.69) is 78.1 Å². The molecule has 2 amide bonds. The van der Waals surface area contributed by atoms with Gasteiger partial charge < -0.3 is 15.0 Å². The van der Waals surface area contributed by atoms with Crippen molar-refractivity contribution in [2.75, 3.05) is 57.2 Å². The van der Waals surface area contributed by atoms with E-state index in [9.17, 15) is 4.79 Å². The molecular formula is C31H39ClN4O2S. The number of rotatable bonds is 11. The summed E-state index contributed by atoms with van der Waals surface area (Å²) in [5.41, 5.74) is 4.19. The molecule has 1 aliphatic heterocycles. The topological polar surface area (TPSA) is 48.0 Å². The molecule has 0 radical (unpaired) electrons. The zero-order chi connectivity index (χ0) is 26.7. The third-order valence-corrected chi connectivity index (χ3v) is 7.33. The van der Waals surface area contributed by atoms with Crippen molar-refractivity contribution in [3.8, 4) is 5.75 Å². The van der Waals surface area contributed by atoms with Crippen LogP contribution in [0.2, 0.25) is 0 Å². The van der Waals surface area contributed by atoms with Gasteiger partial charge in [0.25, 0.3) is 0 Å². The zero-order valence-electron chi connectivity index (χ0n) is 22.5. The lowest BCUT2D eigenvalue weighted by Gasteiger charge is -2.32. The van der Waals surface area contributed by atoms with Crippen molar-refractivity contribution in [1.82, 2.24) is 15.1 Å². The highest BCUT2D eigenvalue weighted by Crippen LogP contribution is 2.29. The second-order valence-corrected chi connectivity index (χ2v) is 10.1. The number of amides is 2. The number of urea groups is 1. The number of ether oxygens (including phenoxy) is 1. The Balaban J connectivity index is 0.00000420. The van der Waals surface area contributed by atoms with Crippen molar-refractivity contribution in [3.63, 3.8) is 0 Å². The lowest BCUT2D eigenvalue weighted by Crippen LogP contribution is -2.46. The van der Waals surface area contributed by atoms with E-state index in [4.69, 9.17) is 4.74 Å². The average molecular weight is 567 g/mol. The van der Waals surface area contributed by atoms with Crippen LogP contribution in [0.15, 0.2) is 97.1 Å². The quantitative estimate of drug-likeness (QED) is 0.225. The minimum absolute atomic E-state index is 0. The molecule has 1 saturated heterocycles. The van der Waals surface area contributed by atoms with Gasteiger partial charge in [0.2, 0.25) is 0 Å². The molecule has 0 atom stereocenters. The van der Waals surface area contributed by atoms with Crippen LogP contribution in [0, 0.1) is 0 Å². The van der Waals surface area contributed by atoms with E-state index in [1.54, 1.807) is 7.11 Å². The first-order valence-corrected chi connectivity index (χ1v) is 13.6. The van der Waals surface area contributed by atoms with Gasteiger partial charge in [-0.3, -0.25) is 4.90 Å². The number of benzene rings is 3. The lowest BCUT2D eigenvalue weighted by molar-refractivity contribution is 0.208. The van der Waals surface area contributed by atoms with Gasteiger partial charge in [0.05, 0.1) is 12.8 Å². The fraction of sp³-hybridized carbons (Fsp3) is 0.323. The maximum absolute atomic E-state index is 13.8. The van der Waals surface area contributed by atoms with Crippen molar-refractivity contribution in [2.24, 2.45) is 0 Å². The minimum atomic E-state index is -0.167. The van der Waals surface area contributed by atoms with Gasteiger partial charge in [-0.15, -0.1) is 12.4 Å². The Morgan fingerprint density at radius 2 is 1.54 bits per heavy atom. The van der Waals surface area contributed by atoms with E-state index in [0.717, 1.165) is 50.5 Å². The average Bonchev–Trinajstić information content (AvgIpc) is 2.97. The number of anilines is 1. The molecule has 0 aromatic heterocycles. The second kappa shape index (κ2) is 15.6. The lowest BCUT2D eigenvalue weighted by atomic mass is 9.88. The predicted molar refractivity (Wildman–Crippen MR) is 166 cm³/mol. The number of halogens is 1. The van der Waals surface area contributed by atoms with Gasteiger partial charge in [0, 0.05) is 51.7 Å². The van der Waals surface area contributed by atoms with Crippen LogP contribution in [0.3, 0.4) is 0 Å². The maximum atomic E-state index is 13.8. The summed E-state index contributed by atoms with van der Waals surface area (Å²) in [6, 6.07) is 28.2. The van der Waals surface area contributed by atoms with Crippen LogP contribution in [0.5, 0.6) is 5.75 Å². The smallest absolute Gasteiger partial charge is 0.334 e. The Hall–Kier alpha value is -2.97. The molecule has 39 heavy (non-hydrogen) atoms. The SMILES string of the molecule is C=C(CN1CCNCC1)CN(CCC(c1ccccc1)c1ccccc1)C(=O)N(S)c1ccc(OC)cc1.Cl. The molecule has 1 N–H and O–H groups in total. The standard InChI is InChI=1S/C31H38N4O2S.ClH/c1-25(23-33-21-18-32-19-22-33)24-34(31(36)35(38)28-13-15-29(37-2)16-14-28)20-17-30(26-9-5-3-6-10-26)27-11-7-4-8-12-27;/h3-16,30,32,38H,1,17-24H2,2H3;1H. The molecule has 0 unspecified atom stereocenters. The van der Waals surface area contributed by atoms with Gasteiger partial charge in [-0.25, -0.2) is 9.10 Å². The third-order valence-electron chi connectivity index (χ3n) is 6.93. The molecule has 0 aliphatic carbocycles. The van der Waals surface area contributed by atoms with Crippen LogP contribution in [-0.4, -0.2) is 68.8 Å². The van der Waals surface area contributed by atoms with Crippen LogP contribution in [0.1, 0.15) is 23.5 Å². The number of piperazine rings is 1. The highest BCUT2D eigenvalue weighted by Gasteiger charge is 2.24.